The number of nitrogens with zero attached hydrogens (tertiary/aromatic N) is 2. The molecule has 0 atom stereocenters. The van der Waals surface area contributed by atoms with E-state index >= 15 is 0 Å². The molecule has 0 aliphatic rings. The number of carbonyl (C=O) groups excluding carboxylic acids is 1. The highest BCUT2D eigenvalue weighted by molar-refractivity contribution is 6.05. The highest BCUT2D eigenvalue weighted by Gasteiger charge is 2.13. The first kappa shape index (κ1) is 11.9. The van der Waals surface area contributed by atoms with Crippen LogP contribution in [0.1, 0.15) is 15.9 Å². The molecular weight excluding hydrogens is 236 g/mol. The Hall–Kier alpha value is -2.57. The number of nitrogens with one attached hydrogen (secondary N) is 2. The molecule has 0 aliphatic heterocycles. The van der Waals surface area contributed by atoms with Gasteiger partial charge in [-0.05, 0) is 24.6 Å². The number of aryl methyl sites for hydroxylation is 1. The molecular formula is C11H12N4O3. The van der Waals surface area contributed by atoms with Gasteiger partial charge in [0.1, 0.15) is 5.75 Å². The first-order valence-electron chi connectivity index (χ1n) is 5.17. The van der Waals surface area contributed by atoms with Gasteiger partial charge in [0.05, 0.1) is 12.7 Å². The lowest BCUT2D eigenvalue weighted by molar-refractivity contribution is 0.102. The molecule has 1 heterocycles. The van der Waals surface area contributed by atoms with Crippen molar-refractivity contribution in [3.05, 3.63) is 29.3 Å². The lowest BCUT2D eigenvalue weighted by Gasteiger charge is -2.04. The van der Waals surface area contributed by atoms with E-state index in [-0.39, 0.29) is 23.3 Å². The van der Waals surface area contributed by atoms with Gasteiger partial charge in [-0.3, -0.25) is 10.1 Å². The minimum atomic E-state index is -0.480. The number of aromatic amines is 1. The molecule has 0 radical (unpaired) electrons. The third kappa shape index (κ3) is 2.40. The number of hydrogen-bond donors (Lipinski definition) is 3. The number of ether oxygens (including phenoxy) is 1. The molecule has 0 fully saturated rings. The minimum absolute atomic E-state index is 0.0843. The van der Waals surface area contributed by atoms with Gasteiger partial charge in [0.15, 0.2) is 0 Å². The van der Waals surface area contributed by atoms with Crippen LogP contribution in [0.25, 0.3) is 0 Å². The number of H-pyrrole nitrogens is 1. The van der Waals surface area contributed by atoms with Crippen molar-refractivity contribution in [3.8, 4) is 11.8 Å². The molecule has 0 saturated carbocycles. The molecule has 3 N–H and O–H groups in total. The highest BCUT2D eigenvalue weighted by Crippen LogP contribution is 2.19. The quantitative estimate of drug-likeness (QED) is 0.754. The van der Waals surface area contributed by atoms with E-state index in [0.29, 0.717) is 0 Å². The zero-order chi connectivity index (χ0) is 13.1. The van der Waals surface area contributed by atoms with Crippen molar-refractivity contribution in [2.45, 2.75) is 6.92 Å². The second-order valence-electron chi connectivity index (χ2n) is 3.65. The Balaban J connectivity index is 2.16. The van der Waals surface area contributed by atoms with Gasteiger partial charge < -0.3 is 9.84 Å². The monoisotopic (exact) mass is 248 g/mol. The van der Waals surface area contributed by atoms with Crippen molar-refractivity contribution in [3.63, 3.8) is 0 Å². The Labute approximate surface area is 103 Å². The number of carbonyl (C=O) groups is 1. The van der Waals surface area contributed by atoms with Crippen LogP contribution in [0.5, 0.6) is 11.8 Å². The number of methoxy groups -OCH3 is 1. The van der Waals surface area contributed by atoms with E-state index in [0.717, 1.165) is 5.56 Å². The van der Waals surface area contributed by atoms with Crippen LogP contribution in [0, 0.1) is 6.92 Å². The largest absolute Gasteiger partial charge is 0.507 e. The first-order valence-corrected chi connectivity index (χ1v) is 5.17. The normalized spacial score (nSPS) is 10.1. The fraction of sp³-hybridized carbons (Fsp3) is 0.182. The summed E-state index contributed by atoms with van der Waals surface area (Å²) in [6.07, 6.45) is 0. The van der Waals surface area contributed by atoms with Gasteiger partial charge >= 0.3 is 6.01 Å². The molecule has 7 nitrogen and oxygen atoms in total. The summed E-state index contributed by atoms with van der Waals surface area (Å²) < 4.78 is 4.77. The molecule has 18 heavy (non-hydrogen) atoms. The lowest BCUT2D eigenvalue weighted by atomic mass is 10.1. The first-order chi connectivity index (χ1) is 8.60. The number of amides is 1. The van der Waals surface area contributed by atoms with E-state index in [1.54, 1.807) is 6.07 Å². The van der Waals surface area contributed by atoms with Crippen LogP contribution in [0.15, 0.2) is 18.2 Å². The molecule has 0 unspecified atom stereocenters. The lowest BCUT2D eigenvalue weighted by Crippen LogP contribution is -2.13. The maximum atomic E-state index is 11.8. The van der Waals surface area contributed by atoms with Crippen LogP contribution in [0.4, 0.5) is 5.95 Å². The topological polar surface area (TPSA) is 100 Å². The molecule has 1 aromatic heterocycles. The zero-order valence-electron chi connectivity index (χ0n) is 9.89. The van der Waals surface area contributed by atoms with E-state index < -0.39 is 5.91 Å². The predicted molar refractivity (Wildman–Crippen MR) is 63.7 cm³/mol. The number of phenolic OH excluding ortho intramolecular Hbond substituents is 1. The molecule has 2 rings (SSSR count). The molecule has 1 aromatic carbocycles. The maximum Gasteiger partial charge on any atom is 0.336 e. The summed E-state index contributed by atoms with van der Waals surface area (Å²) in [6, 6.07) is 4.90. The number of aromatic hydroxyl groups is 1. The van der Waals surface area contributed by atoms with Gasteiger partial charge in [0, 0.05) is 0 Å². The van der Waals surface area contributed by atoms with Crippen molar-refractivity contribution in [2.75, 3.05) is 12.4 Å². The number of anilines is 1. The maximum absolute atomic E-state index is 11.8. The molecule has 7 heteroatoms. The summed E-state index contributed by atoms with van der Waals surface area (Å²) in [5.74, 6) is -0.415. The zero-order valence-corrected chi connectivity index (χ0v) is 9.89. The van der Waals surface area contributed by atoms with Crippen LogP contribution >= 0.6 is 0 Å². The predicted octanol–water partition coefficient (Wildman–Crippen LogP) is 1.08. The van der Waals surface area contributed by atoms with Crippen LogP contribution < -0.4 is 10.1 Å². The Bertz CT molecular complexity index is 579. The fourth-order valence-corrected chi connectivity index (χ4v) is 1.40. The van der Waals surface area contributed by atoms with Crippen molar-refractivity contribution >= 4 is 11.9 Å². The van der Waals surface area contributed by atoms with Crippen molar-refractivity contribution in [1.29, 1.82) is 0 Å². The molecule has 0 saturated heterocycles. The van der Waals surface area contributed by atoms with E-state index in [9.17, 15) is 9.90 Å². The third-order valence-corrected chi connectivity index (χ3v) is 2.28. The smallest absolute Gasteiger partial charge is 0.336 e. The summed E-state index contributed by atoms with van der Waals surface area (Å²) in [5.41, 5.74) is 1.03. The van der Waals surface area contributed by atoms with Gasteiger partial charge in [-0.1, -0.05) is 6.07 Å². The average Bonchev–Trinajstić information content (AvgIpc) is 2.76. The fourth-order valence-electron chi connectivity index (χ4n) is 1.40. The summed E-state index contributed by atoms with van der Waals surface area (Å²) in [5, 5.41) is 18.3. The molecule has 0 bridgehead atoms. The Morgan fingerprint density at radius 2 is 2.28 bits per heavy atom. The number of rotatable bonds is 3. The van der Waals surface area contributed by atoms with Crippen LogP contribution in [0.2, 0.25) is 0 Å². The molecule has 0 spiro atoms. The van der Waals surface area contributed by atoms with Gasteiger partial charge in [-0.2, -0.15) is 4.98 Å². The van der Waals surface area contributed by atoms with Gasteiger partial charge in [0.2, 0.25) is 5.95 Å². The van der Waals surface area contributed by atoms with E-state index in [2.05, 4.69) is 20.5 Å². The van der Waals surface area contributed by atoms with Crippen molar-refractivity contribution < 1.29 is 14.6 Å². The van der Waals surface area contributed by atoms with E-state index in [4.69, 9.17) is 4.74 Å². The molecule has 1 amide bonds. The van der Waals surface area contributed by atoms with Crippen LogP contribution in [-0.2, 0) is 0 Å². The van der Waals surface area contributed by atoms with Crippen LogP contribution in [-0.4, -0.2) is 33.3 Å². The SMILES string of the molecule is COc1n[nH]c(NC(=O)c2ccc(C)cc2O)n1. The van der Waals surface area contributed by atoms with Crippen molar-refractivity contribution in [2.24, 2.45) is 0 Å². The van der Waals surface area contributed by atoms with E-state index in [1.165, 1.54) is 19.2 Å². The molecule has 94 valence electrons. The standard InChI is InChI=1S/C11H12N4O3/c1-6-3-4-7(8(16)5-6)9(17)12-10-13-11(18-2)15-14-10/h3-5,16H,1-2H3,(H2,12,13,14,15,17). The second kappa shape index (κ2) is 4.74. The summed E-state index contributed by atoms with van der Waals surface area (Å²) in [7, 11) is 1.42. The number of hydrogen-bond acceptors (Lipinski definition) is 5. The number of phenols is 1. The summed E-state index contributed by atoms with van der Waals surface area (Å²) >= 11 is 0. The number of aromatic nitrogens is 3. The van der Waals surface area contributed by atoms with Crippen molar-refractivity contribution in [1.82, 2.24) is 15.2 Å². The van der Waals surface area contributed by atoms with E-state index in [1.807, 2.05) is 6.92 Å². The summed E-state index contributed by atoms with van der Waals surface area (Å²) in [6.45, 7) is 1.82. The summed E-state index contributed by atoms with van der Waals surface area (Å²) in [4.78, 5) is 15.7. The Kier molecular flexibility index (Phi) is 3.13. The molecule has 0 aliphatic carbocycles. The minimum Gasteiger partial charge on any atom is -0.507 e. The third-order valence-electron chi connectivity index (χ3n) is 2.28. The van der Waals surface area contributed by atoms with Gasteiger partial charge in [-0.25, -0.2) is 5.10 Å². The number of benzene rings is 1. The average molecular weight is 248 g/mol. The Morgan fingerprint density at radius 1 is 1.50 bits per heavy atom. The van der Waals surface area contributed by atoms with Crippen LogP contribution in [0.3, 0.4) is 0 Å². The van der Waals surface area contributed by atoms with Gasteiger partial charge in [0.25, 0.3) is 5.91 Å². The highest BCUT2D eigenvalue weighted by atomic mass is 16.5. The molecule has 2 aromatic rings. The second-order valence-corrected chi connectivity index (χ2v) is 3.65. The van der Waals surface area contributed by atoms with Gasteiger partial charge in [-0.15, -0.1) is 5.10 Å². The Morgan fingerprint density at radius 3 is 2.89 bits per heavy atom.